The van der Waals surface area contributed by atoms with Crippen LogP contribution in [0.3, 0.4) is 0 Å². The highest BCUT2D eigenvalue weighted by molar-refractivity contribution is 5.98. The minimum absolute atomic E-state index is 0.00811. The molecule has 2 aliphatic heterocycles. The normalized spacial score (nSPS) is 21.3. The lowest BCUT2D eigenvalue weighted by atomic mass is 9.99. The zero-order chi connectivity index (χ0) is 18.8. The number of amides is 1. The van der Waals surface area contributed by atoms with Gasteiger partial charge in [-0.3, -0.25) is 9.59 Å². The van der Waals surface area contributed by atoms with Crippen LogP contribution >= 0.6 is 0 Å². The summed E-state index contributed by atoms with van der Waals surface area (Å²) in [7, 11) is 1.58. The Morgan fingerprint density at radius 3 is 2.85 bits per heavy atom. The summed E-state index contributed by atoms with van der Waals surface area (Å²) in [6.07, 6.45) is 2.92. The molecule has 0 unspecified atom stereocenters. The van der Waals surface area contributed by atoms with Gasteiger partial charge in [-0.2, -0.15) is 0 Å². The number of methoxy groups -OCH3 is 1. The first-order valence-electron chi connectivity index (χ1n) is 9.11. The second kappa shape index (κ2) is 7.48. The van der Waals surface area contributed by atoms with Gasteiger partial charge in [0.25, 0.3) is 0 Å². The van der Waals surface area contributed by atoms with Crippen molar-refractivity contribution in [2.24, 2.45) is 0 Å². The second-order valence-electron chi connectivity index (χ2n) is 6.87. The molecule has 4 rings (SSSR count). The topological polar surface area (TPSA) is 86.6 Å². The van der Waals surface area contributed by atoms with E-state index in [-0.39, 0.29) is 36.7 Å². The van der Waals surface area contributed by atoms with Crippen LogP contribution in [0.4, 0.5) is 0 Å². The fraction of sp³-hybridized carbons (Fsp3) is 0.474. The van der Waals surface area contributed by atoms with Gasteiger partial charge in [-0.05, 0) is 30.7 Å². The largest absolute Gasteiger partial charge is 0.497 e. The molecule has 2 aliphatic rings. The summed E-state index contributed by atoms with van der Waals surface area (Å²) in [5, 5.41) is 8.09. The summed E-state index contributed by atoms with van der Waals surface area (Å²) in [4.78, 5) is 26.8. The van der Waals surface area contributed by atoms with Gasteiger partial charge in [0.15, 0.2) is 5.78 Å². The lowest BCUT2D eigenvalue weighted by Crippen LogP contribution is -2.49. The van der Waals surface area contributed by atoms with Crippen LogP contribution in [-0.2, 0) is 16.1 Å². The number of hydrogen-bond donors (Lipinski definition) is 0. The molecule has 0 N–H and O–H groups in total. The van der Waals surface area contributed by atoms with Crippen molar-refractivity contribution in [1.82, 2.24) is 19.9 Å². The molecule has 1 aromatic heterocycles. The Hall–Kier alpha value is -2.74. The van der Waals surface area contributed by atoms with E-state index in [0.29, 0.717) is 31.0 Å². The van der Waals surface area contributed by atoms with E-state index in [1.54, 1.807) is 37.6 Å². The first kappa shape index (κ1) is 17.7. The Morgan fingerprint density at radius 2 is 2.07 bits per heavy atom. The first-order chi connectivity index (χ1) is 13.2. The number of piperidine rings is 1. The molecule has 2 atom stereocenters. The lowest BCUT2D eigenvalue weighted by Gasteiger charge is -2.41. The maximum atomic E-state index is 12.6. The molecule has 3 heterocycles. The number of carbonyl (C=O) groups excluding carboxylic acids is 2. The molecule has 0 radical (unpaired) electrons. The molecule has 8 heteroatoms. The average Bonchev–Trinajstić information content (AvgIpc) is 3.20. The zero-order valence-electron chi connectivity index (χ0n) is 15.2. The van der Waals surface area contributed by atoms with E-state index < -0.39 is 0 Å². The number of fused-ring (bicyclic) bond motifs is 3. The number of likely N-dealkylation sites (tertiary alicyclic amines) is 1. The van der Waals surface area contributed by atoms with Gasteiger partial charge in [0, 0.05) is 31.5 Å². The van der Waals surface area contributed by atoms with Crippen molar-refractivity contribution in [2.75, 3.05) is 20.2 Å². The highest BCUT2D eigenvalue weighted by Crippen LogP contribution is 2.30. The van der Waals surface area contributed by atoms with Crippen molar-refractivity contribution >= 4 is 11.7 Å². The van der Waals surface area contributed by atoms with Gasteiger partial charge in [-0.25, -0.2) is 4.68 Å². The van der Waals surface area contributed by atoms with E-state index in [9.17, 15) is 9.59 Å². The Bertz CT molecular complexity index is 832. The van der Waals surface area contributed by atoms with Crippen molar-refractivity contribution in [3.8, 4) is 5.75 Å². The maximum absolute atomic E-state index is 12.6. The first-order valence-corrected chi connectivity index (χ1v) is 9.11. The molecule has 1 aromatic carbocycles. The SMILES string of the molecule is COc1ccc(C(=O)CCC(=O)N2CC[C@H]3OCc4cnnn4[C@@H]3C2)cc1. The van der Waals surface area contributed by atoms with E-state index in [4.69, 9.17) is 9.47 Å². The van der Waals surface area contributed by atoms with E-state index in [0.717, 1.165) is 12.1 Å². The Morgan fingerprint density at radius 1 is 1.26 bits per heavy atom. The van der Waals surface area contributed by atoms with Gasteiger partial charge in [-0.1, -0.05) is 5.21 Å². The third kappa shape index (κ3) is 3.57. The number of ether oxygens (including phenoxy) is 2. The number of benzene rings is 1. The predicted octanol–water partition coefficient (Wildman–Crippen LogP) is 1.62. The number of hydrogen-bond acceptors (Lipinski definition) is 6. The van der Waals surface area contributed by atoms with Crippen LogP contribution in [0.5, 0.6) is 5.75 Å². The Labute approximate surface area is 157 Å². The van der Waals surface area contributed by atoms with Crippen LogP contribution in [0.25, 0.3) is 0 Å². The summed E-state index contributed by atoms with van der Waals surface area (Å²) < 4.78 is 12.8. The van der Waals surface area contributed by atoms with Gasteiger partial charge >= 0.3 is 0 Å². The molecule has 0 bridgehead atoms. The van der Waals surface area contributed by atoms with Crippen LogP contribution in [-0.4, -0.2) is 57.9 Å². The molecule has 8 nitrogen and oxygen atoms in total. The molecular formula is C19H22N4O4. The third-order valence-corrected chi connectivity index (χ3v) is 5.26. The lowest BCUT2D eigenvalue weighted by molar-refractivity contribution is -0.138. The van der Waals surface area contributed by atoms with Crippen LogP contribution in [0.1, 0.15) is 41.4 Å². The molecule has 0 saturated carbocycles. The van der Waals surface area contributed by atoms with E-state index in [2.05, 4.69) is 10.3 Å². The minimum atomic E-state index is -0.0412. The highest BCUT2D eigenvalue weighted by atomic mass is 16.5. The Balaban J connectivity index is 1.34. The molecule has 1 fully saturated rings. The fourth-order valence-corrected chi connectivity index (χ4v) is 3.71. The van der Waals surface area contributed by atoms with Crippen molar-refractivity contribution in [3.63, 3.8) is 0 Å². The maximum Gasteiger partial charge on any atom is 0.223 e. The summed E-state index contributed by atoms with van der Waals surface area (Å²) >= 11 is 0. The van der Waals surface area contributed by atoms with Crippen LogP contribution in [0.2, 0.25) is 0 Å². The van der Waals surface area contributed by atoms with E-state index >= 15 is 0 Å². The van der Waals surface area contributed by atoms with E-state index in [1.165, 1.54) is 0 Å². The summed E-state index contributed by atoms with van der Waals surface area (Å²) in [6, 6.07) is 6.94. The van der Waals surface area contributed by atoms with Crippen molar-refractivity contribution in [3.05, 3.63) is 41.7 Å². The molecule has 0 aliphatic carbocycles. The fourth-order valence-electron chi connectivity index (χ4n) is 3.71. The molecule has 142 valence electrons. The number of rotatable bonds is 5. The van der Waals surface area contributed by atoms with Gasteiger partial charge in [0.2, 0.25) is 5.91 Å². The number of aromatic nitrogens is 3. The molecule has 0 spiro atoms. The Kier molecular flexibility index (Phi) is 4.89. The molecule has 1 amide bonds. The minimum Gasteiger partial charge on any atom is -0.497 e. The van der Waals surface area contributed by atoms with Gasteiger partial charge < -0.3 is 14.4 Å². The van der Waals surface area contributed by atoms with Gasteiger partial charge in [-0.15, -0.1) is 5.10 Å². The third-order valence-electron chi connectivity index (χ3n) is 5.26. The molecule has 2 aromatic rings. The zero-order valence-corrected chi connectivity index (χ0v) is 15.2. The molecular weight excluding hydrogens is 348 g/mol. The summed E-state index contributed by atoms with van der Waals surface area (Å²) in [6.45, 7) is 1.69. The summed E-state index contributed by atoms with van der Waals surface area (Å²) in [5.74, 6) is 0.649. The number of nitrogens with zero attached hydrogens (tertiary/aromatic N) is 4. The number of ketones is 1. The van der Waals surface area contributed by atoms with Crippen molar-refractivity contribution < 1.29 is 19.1 Å². The smallest absolute Gasteiger partial charge is 0.223 e. The molecule has 1 saturated heterocycles. The monoisotopic (exact) mass is 370 g/mol. The van der Waals surface area contributed by atoms with Gasteiger partial charge in [0.05, 0.1) is 37.8 Å². The van der Waals surface area contributed by atoms with Crippen molar-refractivity contribution in [1.29, 1.82) is 0 Å². The second-order valence-corrected chi connectivity index (χ2v) is 6.87. The van der Waals surface area contributed by atoms with Crippen LogP contribution in [0.15, 0.2) is 30.5 Å². The van der Waals surface area contributed by atoms with Gasteiger partial charge in [0.1, 0.15) is 5.75 Å². The quantitative estimate of drug-likeness (QED) is 0.744. The standard InChI is InChI=1S/C19H22N4O4/c1-26-15-4-2-13(3-5-15)17(24)6-7-19(25)22-9-8-18-16(11-22)23-14(12-27-18)10-20-21-23/h2-5,10,16,18H,6-9,11-12H2,1H3/t16-,18-/m1/s1. The molecule has 27 heavy (non-hydrogen) atoms. The summed E-state index contributed by atoms with van der Waals surface area (Å²) in [5.41, 5.74) is 1.52. The number of Topliss-reactive ketones (excluding diaryl/α,β-unsaturated/α-hetero) is 1. The van der Waals surface area contributed by atoms with Crippen molar-refractivity contribution in [2.45, 2.75) is 38.0 Å². The average molecular weight is 370 g/mol. The number of carbonyl (C=O) groups is 2. The van der Waals surface area contributed by atoms with Crippen LogP contribution in [0, 0.1) is 0 Å². The van der Waals surface area contributed by atoms with E-state index in [1.807, 2.05) is 9.58 Å². The highest BCUT2D eigenvalue weighted by Gasteiger charge is 2.37. The van der Waals surface area contributed by atoms with Crippen LogP contribution < -0.4 is 4.74 Å². The predicted molar refractivity (Wildman–Crippen MR) is 95.4 cm³/mol.